The van der Waals surface area contributed by atoms with Gasteiger partial charge in [0.15, 0.2) is 0 Å². The molecular formula is C27H36N4O7S. The number of hydrogen-bond acceptors (Lipinski definition) is 8. The Morgan fingerprint density at radius 2 is 1.33 bits per heavy atom. The second-order valence-corrected chi connectivity index (χ2v) is 10.1. The molecule has 8 N–H and O–H groups in total. The van der Waals surface area contributed by atoms with Crippen molar-refractivity contribution in [2.24, 2.45) is 5.73 Å². The van der Waals surface area contributed by atoms with Gasteiger partial charge < -0.3 is 37.0 Å². The van der Waals surface area contributed by atoms with Crippen molar-refractivity contribution in [2.75, 3.05) is 12.0 Å². The highest BCUT2D eigenvalue weighted by atomic mass is 32.2. The second-order valence-electron chi connectivity index (χ2n) is 9.13. The highest BCUT2D eigenvalue weighted by Gasteiger charge is 2.31. The molecule has 5 unspecified atom stereocenters. The minimum atomic E-state index is -1.29. The fourth-order valence-corrected chi connectivity index (χ4v) is 4.13. The number of thioether (sulfide) groups is 1. The molecule has 2 aromatic carbocycles. The third-order valence-electron chi connectivity index (χ3n) is 5.97. The first-order chi connectivity index (χ1) is 18.5. The first-order valence-electron chi connectivity index (χ1n) is 12.4. The molecule has 0 spiro atoms. The van der Waals surface area contributed by atoms with Crippen molar-refractivity contribution in [1.82, 2.24) is 16.0 Å². The summed E-state index contributed by atoms with van der Waals surface area (Å²) in [4.78, 5) is 50.9. The Labute approximate surface area is 231 Å². The fourth-order valence-electron chi connectivity index (χ4n) is 3.66. The predicted octanol–water partition coefficient (Wildman–Crippen LogP) is 0.178. The Kier molecular flexibility index (Phi) is 12.7. The van der Waals surface area contributed by atoms with Crippen molar-refractivity contribution in [3.8, 4) is 5.75 Å². The fraction of sp³-hybridized carbons (Fsp3) is 0.407. The SMILES string of the molecule is CSCCC(NC(=O)C(Cc1ccc(O)cc1)NC(=O)C(N)C(C)O)C(=O)NC(Cc1ccccc1)C(=O)O. The summed E-state index contributed by atoms with van der Waals surface area (Å²) in [7, 11) is 0. The molecule has 0 fully saturated rings. The van der Waals surface area contributed by atoms with Gasteiger partial charge in [-0.3, -0.25) is 14.4 Å². The zero-order chi connectivity index (χ0) is 28.9. The van der Waals surface area contributed by atoms with Gasteiger partial charge >= 0.3 is 5.97 Å². The number of aliphatic hydroxyl groups excluding tert-OH is 1. The van der Waals surface area contributed by atoms with Crippen LogP contribution < -0.4 is 21.7 Å². The maximum absolute atomic E-state index is 13.3. The number of hydrogen-bond donors (Lipinski definition) is 7. The van der Waals surface area contributed by atoms with E-state index >= 15 is 0 Å². The topological polar surface area (TPSA) is 191 Å². The zero-order valence-electron chi connectivity index (χ0n) is 21.9. The van der Waals surface area contributed by atoms with Crippen LogP contribution >= 0.6 is 11.8 Å². The van der Waals surface area contributed by atoms with Gasteiger partial charge in [0.2, 0.25) is 17.7 Å². The first-order valence-corrected chi connectivity index (χ1v) is 13.8. The molecule has 0 saturated heterocycles. The summed E-state index contributed by atoms with van der Waals surface area (Å²) in [5, 5.41) is 36.6. The number of nitrogens with one attached hydrogen (secondary N) is 3. The Morgan fingerprint density at radius 3 is 1.90 bits per heavy atom. The van der Waals surface area contributed by atoms with Crippen LogP contribution in [0.1, 0.15) is 24.5 Å². The zero-order valence-corrected chi connectivity index (χ0v) is 22.7. The number of amides is 3. The van der Waals surface area contributed by atoms with Gasteiger partial charge in [0.1, 0.15) is 29.9 Å². The summed E-state index contributed by atoms with van der Waals surface area (Å²) in [5.74, 6) is -2.82. The van der Waals surface area contributed by atoms with E-state index in [1.54, 1.807) is 42.5 Å². The summed E-state index contributed by atoms with van der Waals surface area (Å²) < 4.78 is 0. The lowest BCUT2D eigenvalue weighted by Crippen LogP contribution is -2.58. The molecule has 12 heteroatoms. The largest absolute Gasteiger partial charge is 0.508 e. The Hall–Kier alpha value is -3.61. The smallest absolute Gasteiger partial charge is 0.326 e. The highest BCUT2D eigenvalue weighted by molar-refractivity contribution is 7.98. The van der Waals surface area contributed by atoms with E-state index in [0.717, 1.165) is 5.56 Å². The molecule has 212 valence electrons. The average molecular weight is 561 g/mol. The summed E-state index contributed by atoms with van der Waals surface area (Å²) >= 11 is 1.45. The minimum absolute atomic E-state index is 0.00695. The molecule has 0 radical (unpaired) electrons. The maximum Gasteiger partial charge on any atom is 0.326 e. The molecule has 0 saturated carbocycles. The first kappa shape index (κ1) is 31.6. The van der Waals surface area contributed by atoms with Crippen molar-refractivity contribution in [1.29, 1.82) is 0 Å². The number of carbonyl (C=O) groups excluding carboxylic acids is 3. The lowest BCUT2D eigenvalue weighted by Gasteiger charge is -2.25. The van der Waals surface area contributed by atoms with Crippen molar-refractivity contribution < 1.29 is 34.5 Å². The van der Waals surface area contributed by atoms with Crippen LogP contribution in [0, 0.1) is 0 Å². The van der Waals surface area contributed by atoms with Gasteiger partial charge in [0.05, 0.1) is 6.10 Å². The monoisotopic (exact) mass is 560 g/mol. The second kappa shape index (κ2) is 15.7. The number of phenolic OH excluding ortho intramolecular Hbond substituents is 1. The quantitative estimate of drug-likeness (QED) is 0.159. The summed E-state index contributed by atoms with van der Waals surface area (Å²) in [6.07, 6.45) is 0.940. The van der Waals surface area contributed by atoms with Crippen LogP contribution in [0.4, 0.5) is 0 Å². The predicted molar refractivity (Wildman–Crippen MR) is 148 cm³/mol. The Morgan fingerprint density at radius 1 is 0.821 bits per heavy atom. The van der Waals surface area contributed by atoms with E-state index in [9.17, 15) is 34.5 Å². The molecule has 0 aliphatic heterocycles. The van der Waals surface area contributed by atoms with E-state index in [1.807, 2.05) is 6.26 Å². The Balaban J connectivity index is 2.22. The number of aliphatic carboxylic acids is 1. The van der Waals surface area contributed by atoms with Crippen LogP contribution in [0.5, 0.6) is 5.75 Å². The van der Waals surface area contributed by atoms with Crippen molar-refractivity contribution in [2.45, 2.75) is 56.5 Å². The number of aromatic hydroxyl groups is 1. The number of carboxylic acids is 1. The van der Waals surface area contributed by atoms with Crippen LogP contribution in [0.15, 0.2) is 54.6 Å². The minimum Gasteiger partial charge on any atom is -0.508 e. The number of aliphatic hydroxyl groups is 1. The molecule has 39 heavy (non-hydrogen) atoms. The number of phenols is 1. The van der Waals surface area contributed by atoms with Crippen molar-refractivity contribution in [3.63, 3.8) is 0 Å². The Bertz CT molecular complexity index is 1100. The van der Waals surface area contributed by atoms with E-state index in [4.69, 9.17) is 5.73 Å². The standard InChI is InChI=1S/C27H36N4O7S/c1-16(32)23(28)26(36)30-21(14-18-8-10-19(33)11-9-18)25(35)29-20(12-13-39-2)24(34)31-22(27(37)38)15-17-6-4-3-5-7-17/h3-11,16,20-23,32-33H,12-15,28H2,1-2H3,(H,29,35)(H,30,36)(H,31,34)(H,37,38). The number of rotatable bonds is 15. The summed E-state index contributed by atoms with van der Waals surface area (Å²) in [6.45, 7) is 1.34. The van der Waals surface area contributed by atoms with Crippen LogP contribution in [0.25, 0.3) is 0 Å². The van der Waals surface area contributed by atoms with Gasteiger partial charge in [0.25, 0.3) is 0 Å². The lowest BCUT2D eigenvalue weighted by atomic mass is 10.0. The molecule has 5 atom stereocenters. The molecule has 0 aromatic heterocycles. The number of benzene rings is 2. The number of carbonyl (C=O) groups is 4. The molecule has 2 rings (SSSR count). The van der Waals surface area contributed by atoms with Crippen molar-refractivity contribution >= 4 is 35.5 Å². The number of carboxylic acid groups (broad SMARTS) is 1. The van der Waals surface area contributed by atoms with E-state index in [-0.39, 0.29) is 25.0 Å². The van der Waals surface area contributed by atoms with E-state index in [2.05, 4.69) is 16.0 Å². The molecule has 0 heterocycles. The molecule has 3 amide bonds. The van der Waals surface area contributed by atoms with Gasteiger partial charge in [-0.05, 0) is 48.6 Å². The van der Waals surface area contributed by atoms with Crippen molar-refractivity contribution in [3.05, 3.63) is 65.7 Å². The lowest BCUT2D eigenvalue weighted by molar-refractivity contribution is -0.142. The van der Waals surface area contributed by atoms with Crippen LogP contribution in [-0.4, -0.2) is 81.3 Å². The maximum atomic E-state index is 13.3. The van der Waals surface area contributed by atoms with E-state index in [1.165, 1.54) is 30.8 Å². The molecule has 0 bridgehead atoms. The van der Waals surface area contributed by atoms with Gasteiger partial charge in [-0.25, -0.2) is 4.79 Å². The molecule has 0 aliphatic rings. The normalized spacial score (nSPS) is 14.8. The average Bonchev–Trinajstić information content (AvgIpc) is 2.91. The highest BCUT2D eigenvalue weighted by Crippen LogP contribution is 2.13. The van der Waals surface area contributed by atoms with Crippen LogP contribution in [0.2, 0.25) is 0 Å². The molecule has 11 nitrogen and oxygen atoms in total. The molecule has 2 aromatic rings. The van der Waals surface area contributed by atoms with Gasteiger partial charge in [0, 0.05) is 12.8 Å². The van der Waals surface area contributed by atoms with Gasteiger partial charge in [-0.15, -0.1) is 0 Å². The third-order valence-corrected chi connectivity index (χ3v) is 6.62. The van der Waals surface area contributed by atoms with Crippen LogP contribution in [0.3, 0.4) is 0 Å². The molecular weight excluding hydrogens is 524 g/mol. The third kappa shape index (κ3) is 10.6. The van der Waals surface area contributed by atoms with E-state index < -0.39 is 54.0 Å². The van der Waals surface area contributed by atoms with Gasteiger partial charge in [-0.1, -0.05) is 42.5 Å². The summed E-state index contributed by atoms with van der Waals surface area (Å²) in [5.41, 5.74) is 7.07. The van der Waals surface area contributed by atoms with Gasteiger partial charge in [-0.2, -0.15) is 11.8 Å². The van der Waals surface area contributed by atoms with Crippen LogP contribution in [-0.2, 0) is 32.0 Å². The van der Waals surface area contributed by atoms with E-state index in [0.29, 0.717) is 11.3 Å². The summed E-state index contributed by atoms with van der Waals surface area (Å²) in [6, 6.07) is 10.1. The number of nitrogens with two attached hydrogens (primary N) is 1. The molecule has 0 aliphatic carbocycles.